The third kappa shape index (κ3) is 3.18. The maximum absolute atomic E-state index is 6.77. The summed E-state index contributed by atoms with van der Waals surface area (Å²) in [5.41, 5.74) is 12.4. The van der Waals surface area contributed by atoms with Gasteiger partial charge in [-0.3, -0.25) is 0 Å². The molecule has 2 aromatic heterocycles. The molecule has 2 aliphatic rings. The van der Waals surface area contributed by atoms with E-state index in [9.17, 15) is 0 Å². The Morgan fingerprint density at radius 3 is 2.33 bits per heavy atom. The largest absolute Gasteiger partial charge is 0.454 e. The monoisotopic (exact) mass is 589 g/mol. The van der Waals surface area contributed by atoms with Crippen molar-refractivity contribution in [2.24, 2.45) is 0 Å². The highest BCUT2D eigenvalue weighted by Gasteiger charge is 2.36. The van der Waals surface area contributed by atoms with E-state index < -0.39 is 0 Å². The number of nitrogens with one attached hydrogen (secondary N) is 1. The number of furan rings is 1. The Hall–Kier alpha value is -5.39. The second-order valence-corrected chi connectivity index (χ2v) is 13.1. The van der Waals surface area contributed by atoms with Crippen LogP contribution < -0.4 is 15.8 Å². The predicted molar refractivity (Wildman–Crippen MR) is 190 cm³/mol. The molecular weight excluding hydrogens is 567 g/mol. The minimum atomic E-state index is 0.904. The van der Waals surface area contributed by atoms with Crippen LogP contribution in [0.4, 0.5) is 17.1 Å². The van der Waals surface area contributed by atoms with E-state index in [1.54, 1.807) is 0 Å². The highest BCUT2D eigenvalue weighted by Crippen LogP contribution is 2.54. The second kappa shape index (κ2) is 8.62. The van der Waals surface area contributed by atoms with Gasteiger partial charge in [-0.25, -0.2) is 0 Å². The van der Waals surface area contributed by atoms with Gasteiger partial charge in [-0.05, 0) is 64.3 Å². The average Bonchev–Trinajstić information content (AvgIpc) is 3.64. The summed E-state index contributed by atoms with van der Waals surface area (Å²) < 4.78 is 6.77. The zero-order valence-electron chi connectivity index (χ0n) is 24.0. The number of aromatic nitrogens is 1. The van der Waals surface area contributed by atoms with Crippen molar-refractivity contribution < 1.29 is 4.42 Å². The van der Waals surface area contributed by atoms with Crippen molar-refractivity contribution >= 4 is 102 Å². The summed E-state index contributed by atoms with van der Waals surface area (Å²) in [5, 5.41) is 7.23. The number of fused-ring (bicyclic) bond motifs is 12. The molecule has 0 aliphatic carbocycles. The lowest BCUT2D eigenvalue weighted by atomic mass is 9.58. The van der Waals surface area contributed by atoms with E-state index in [4.69, 9.17) is 4.42 Å². The van der Waals surface area contributed by atoms with Crippen molar-refractivity contribution in [3.8, 4) is 11.1 Å². The van der Waals surface area contributed by atoms with Gasteiger partial charge < -0.3 is 14.3 Å². The summed E-state index contributed by atoms with van der Waals surface area (Å²) in [4.78, 5) is 8.81. The van der Waals surface area contributed by atoms with E-state index in [2.05, 4.69) is 145 Å². The first-order valence-corrected chi connectivity index (χ1v) is 16.1. The Balaban J connectivity index is 1.29. The Kier molecular flexibility index (Phi) is 4.60. The molecule has 4 heterocycles. The zero-order chi connectivity index (χ0) is 29.2. The number of benzene rings is 7. The number of aromatic amines is 1. The zero-order valence-corrected chi connectivity index (χ0v) is 24.8. The minimum absolute atomic E-state index is 0.904. The molecule has 11 rings (SSSR count). The standard InChI is InChI=1S/C40H22BN2OS/c1-2-10-23-20-31-27(19-22(23)9-1)25-12-7-13-26(37(25)42-31)28-21-29-24-11-3-5-16-33(24)44-40(29)39-36(28)41-30-14-8-18-35-38(30)43(39)32-15-4-6-17-34(32)45-35/h1-21,42H. The molecule has 0 fully saturated rings. The molecule has 45 heavy (non-hydrogen) atoms. The molecule has 0 saturated heterocycles. The van der Waals surface area contributed by atoms with E-state index in [0.717, 1.165) is 38.7 Å². The lowest BCUT2D eigenvalue weighted by Crippen LogP contribution is -2.42. The van der Waals surface area contributed by atoms with Gasteiger partial charge in [0.15, 0.2) is 12.9 Å². The lowest BCUT2D eigenvalue weighted by Gasteiger charge is -2.39. The molecule has 3 nitrogen and oxygen atoms in total. The molecule has 0 bridgehead atoms. The Labute approximate surface area is 263 Å². The van der Waals surface area contributed by atoms with E-state index in [-0.39, 0.29) is 0 Å². The second-order valence-electron chi connectivity index (χ2n) is 12.0. The summed E-state index contributed by atoms with van der Waals surface area (Å²) in [6.45, 7) is 0. The molecule has 207 valence electrons. The van der Waals surface area contributed by atoms with E-state index >= 15 is 0 Å². The Bertz CT molecular complexity index is 2740. The van der Waals surface area contributed by atoms with Crippen LogP contribution >= 0.6 is 11.8 Å². The molecule has 0 unspecified atom stereocenters. The van der Waals surface area contributed by atoms with Crippen LogP contribution in [0.15, 0.2) is 142 Å². The molecule has 0 atom stereocenters. The first-order chi connectivity index (χ1) is 22.3. The van der Waals surface area contributed by atoms with Gasteiger partial charge in [0.2, 0.25) is 0 Å². The molecule has 1 N–H and O–H groups in total. The van der Waals surface area contributed by atoms with Crippen LogP contribution in [0.25, 0.3) is 65.6 Å². The van der Waals surface area contributed by atoms with Crippen LogP contribution in [0, 0.1) is 0 Å². The van der Waals surface area contributed by atoms with Gasteiger partial charge >= 0.3 is 0 Å². The van der Waals surface area contributed by atoms with Gasteiger partial charge in [-0.2, -0.15) is 0 Å². The van der Waals surface area contributed by atoms with Crippen LogP contribution in [0.3, 0.4) is 0 Å². The minimum Gasteiger partial charge on any atom is -0.454 e. The average molecular weight is 590 g/mol. The van der Waals surface area contributed by atoms with Crippen LogP contribution in [-0.2, 0) is 0 Å². The van der Waals surface area contributed by atoms with Crippen LogP contribution in [0.1, 0.15) is 0 Å². The number of nitrogens with zero attached hydrogens (tertiary/aromatic N) is 1. The van der Waals surface area contributed by atoms with E-state index in [1.165, 1.54) is 64.8 Å². The molecule has 2 aliphatic heterocycles. The van der Waals surface area contributed by atoms with Crippen molar-refractivity contribution in [2.45, 2.75) is 9.79 Å². The maximum atomic E-state index is 6.77. The number of rotatable bonds is 1. The fraction of sp³-hybridized carbons (Fsp3) is 0. The summed E-state index contributed by atoms with van der Waals surface area (Å²) >= 11 is 1.84. The first-order valence-electron chi connectivity index (χ1n) is 15.3. The van der Waals surface area contributed by atoms with Gasteiger partial charge in [0, 0.05) is 42.4 Å². The van der Waals surface area contributed by atoms with E-state index in [1.807, 2.05) is 11.8 Å². The fourth-order valence-electron chi connectivity index (χ4n) is 7.62. The number of H-pyrrole nitrogens is 1. The molecule has 1 radical (unpaired) electrons. The highest BCUT2D eigenvalue weighted by molar-refractivity contribution is 7.99. The van der Waals surface area contributed by atoms with Gasteiger partial charge in [0.25, 0.3) is 0 Å². The lowest BCUT2D eigenvalue weighted by molar-refractivity contribution is 0.669. The van der Waals surface area contributed by atoms with Crippen molar-refractivity contribution in [1.82, 2.24) is 4.98 Å². The Morgan fingerprint density at radius 2 is 1.38 bits per heavy atom. The van der Waals surface area contributed by atoms with Gasteiger partial charge in [0.05, 0.1) is 22.6 Å². The van der Waals surface area contributed by atoms with Crippen molar-refractivity contribution in [2.75, 3.05) is 4.90 Å². The summed E-state index contributed by atoms with van der Waals surface area (Å²) in [6.07, 6.45) is 0. The fourth-order valence-corrected chi connectivity index (χ4v) is 8.72. The molecule has 5 heteroatoms. The summed E-state index contributed by atoms with van der Waals surface area (Å²) in [5.74, 6) is 0. The predicted octanol–water partition coefficient (Wildman–Crippen LogP) is 9.94. The molecule has 0 spiro atoms. The quantitative estimate of drug-likeness (QED) is 0.194. The summed E-state index contributed by atoms with van der Waals surface area (Å²) in [6, 6.07) is 46.1. The molecular formula is C40H22BN2OS. The molecule has 0 amide bonds. The number of hydrogen-bond donors (Lipinski definition) is 1. The molecule has 7 aromatic carbocycles. The SMILES string of the molecule is [B]1c2cccc3c2N(c2ccccc2S3)c2c1c(-c1cccc3c1[nH]c1cc4ccccc4cc13)cc1c2oc2ccccc21. The number of para-hydroxylation sites is 4. The van der Waals surface area contributed by atoms with Gasteiger partial charge in [-0.15, -0.1) is 0 Å². The van der Waals surface area contributed by atoms with Gasteiger partial charge in [0.1, 0.15) is 5.58 Å². The smallest absolute Gasteiger partial charge is 0.198 e. The Morgan fingerprint density at radius 1 is 0.600 bits per heavy atom. The van der Waals surface area contributed by atoms with Crippen molar-refractivity contribution in [1.29, 1.82) is 0 Å². The molecule has 0 saturated carbocycles. The van der Waals surface area contributed by atoms with Crippen LogP contribution in [0.2, 0.25) is 0 Å². The first kappa shape index (κ1) is 24.0. The third-order valence-electron chi connectivity index (χ3n) is 9.58. The maximum Gasteiger partial charge on any atom is 0.198 e. The molecule has 9 aromatic rings. The van der Waals surface area contributed by atoms with Crippen molar-refractivity contribution in [3.63, 3.8) is 0 Å². The highest BCUT2D eigenvalue weighted by atomic mass is 32.2. The summed E-state index contributed by atoms with van der Waals surface area (Å²) in [7, 11) is 2.37. The number of anilines is 3. The van der Waals surface area contributed by atoms with E-state index in [0.29, 0.717) is 0 Å². The van der Waals surface area contributed by atoms with Crippen LogP contribution in [-0.4, -0.2) is 12.3 Å². The van der Waals surface area contributed by atoms with Crippen molar-refractivity contribution in [3.05, 3.63) is 127 Å². The van der Waals surface area contributed by atoms with Gasteiger partial charge in [-0.1, -0.05) is 102 Å². The normalized spacial score (nSPS) is 13.4. The topological polar surface area (TPSA) is 32.2 Å². The van der Waals surface area contributed by atoms with Crippen LogP contribution in [0.5, 0.6) is 0 Å². The third-order valence-corrected chi connectivity index (χ3v) is 10.7. The number of hydrogen-bond acceptors (Lipinski definition) is 3.